The highest BCUT2D eigenvalue weighted by molar-refractivity contribution is 7.79. The van der Waals surface area contributed by atoms with Crippen LogP contribution >= 0.6 is 23.6 Å². The Labute approximate surface area is 86.1 Å². The van der Waals surface area contributed by atoms with Crippen LogP contribution in [0.5, 0.6) is 0 Å². The van der Waals surface area contributed by atoms with Crippen LogP contribution in [0.25, 0.3) is 10.4 Å². The van der Waals surface area contributed by atoms with E-state index in [2.05, 4.69) is 17.1 Å². The molecule has 1 heterocycles. The fourth-order valence-electron chi connectivity index (χ4n) is 1.08. The van der Waals surface area contributed by atoms with E-state index in [-0.39, 0.29) is 0 Å². The van der Waals surface area contributed by atoms with E-state index in [9.17, 15) is 0 Å². The van der Waals surface area contributed by atoms with E-state index >= 15 is 0 Å². The SMILES string of the molecule is S=Cc1ncc(-c2ccccc2)s1. The van der Waals surface area contributed by atoms with Gasteiger partial charge >= 0.3 is 0 Å². The first kappa shape index (κ1) is 8.53. The number of rotatable bonds is 2. The lowest BCUT2D eigenvalue weighted by Crippen LogP contribution is -1.68. The molecule has 0 saturated carbocycles. The van der Waals surface area contributed by atoms with Gasteiger partial charge in [-0.1, -0.05) is 42.5 Å². The van der Waals surface area contributed by atoms with Crippen molar-refractivity contribution in [1.82, 2.24) is 4.98 Å². The average molecular weight is 205 g/mol. The van der Waals surface area contributed by atoms with Crippen molar-refractivity contribution >= 4 is 28.9 Å². The molecule has 0 bridgehead atoms. The third-order valence-corrected chi connectivity index (χ3v) is 3.05. The second-order valence-electron chi connectivity index (χ2n) is 2.55. The van der Waals surface area contributed by atoms with Gasteiger partial charge < -0.3 is 0 Å². The molecule has 0 amide bonds. The largest absolute Gasteiger partial charge is 0.244 e. The summed E-state index contributed by atoms with van der Waals surface area (Å²) in [5.74, 6) is 0. The number of nitrogens with zero attached hydrogens (tertiary/aromatic N) is 1. The Kier molecular flexibility index (Phi) is 2.47. The second kappa shape index (κ2) is 3.77. The topological polar surface area (TPSA) is 12.9 Å². The summed E-state index contributed by atoms with van der Waals surface area (Å²) in [6, 6.07) is 10.2. The molecule has 0 spiro atoms. The van der Waals surface area contributed by atoms with Gasteiger partial charge in [0.2, 0.25) is 0 Å². The lowest BCUT2D eigenvalue weighted by atomic mass is 10.2. The molecule has 13 heavy (non-hydrogen) atoms. The summed E-state index contributed by atoms with van der Waals surface area (Å²) in [5.41, 5.74) is 1.20. The van der Waals surface area contributed by atoms with Crippen LogP contribution in [0, 0.1) is 0 Å². The van der Waals surface area contributed by atoms with Crippen LogP contribution in [0.1, 0.15) is 5.01 Å². The first-order chi connectivity index (χ1) is 6.40. The molecule has 0 fully saturated rings. The molecule has 0 atom stereocenters. The van der Waals surface area contributed by atoms with Crippen LogP contribution in [-0.4, -0.2) is 10.4 Å². The number of aromatic nitrogens is 1. The Balaban J connectivity index is 2.41. The standard InChI is InChI=1S/C10H7NS2/c12-7-10-11-6-9(13-10)8-4-2-1-3-5-8/h1-7H. The summed E-state index contributed by atoms with van der Waals surface area (Å²) in [6.07, 6.45) is 1.86. The highest BCUT2D eigenvalue weighted by atomic mass is 32.1. The van der Waals surface area contributed by atoms with E-state index < -0.39 is 0 Å². The molecule has 3 heteroatoms. The van der Waals surface area contributed by atoms with Gasteiger partial charge in [-0.2, -0.15) is 0 Å². The summed E-state index contributed by atoms with van der Waals surface area (Å²) in [7, 11) is 0. The third-order valence-electron chi connectivity index (χ3n) is 1.68. The molecule has 2 rings (SSSR count). The van der Waals surface area contributed by atoms with Gasteiger partial charge in [-0.3, -0.25) is 0 Å². The third kappa shape index (κ3) is 1.82. The van der Waals surface area contributed by atoms with Crippen LogP contribution in [0.3, 0.4) is 0 Å². The van der Waals surface area contributed by atoms with Crippen molar-refractivity contribution in [2.75, 3.05) is 0 Å². The highest BCUT2D eigenvalue weighted by Gasteiger charge is 2.00. The van der Waals surface area contributed by atoms with E-state index in [0.29, 0.717) is 0 Å². The molecule has 0 unspecified atom stereocenters. The summed E-state index contributed by atoms with van der Waals surface area (Å²) in [5, 5.41) is 2.51. The first-order valence-corrected chi connectivity index (χ1v) is 5.15. The zero-order chi connectivity index (χ0) is 9.10. The van der Waals surface area contributed by atoms with Crippen LogP contribution in [0.4, 0.5) is 0 Å². The molecule has 0 aliphatic rings. The predicted molar refractivity (Wildman–Crippen MR) is 60.3 cm³/mol. The van der Waals surface area contributed by atoms with Crippen LogP contribution in [-0.2, 0) is 0 Å². The van der Waals surface area contributed by atoms with Crippen molar-refractivity contribution in [3.63, 3.8) is 0 Å². The van der Waals surface area contributed by atoms with Crippen LogP contribution < -0.4 is 0 Å². The number of hydrogen-bond acceptors (Lipinski definition) is 3. The minimum Gasteiger partial charge on any atom is -0.244 e. The van der Waals surface area contributed by atoms with Crippen LogP contribution in [0.15, 0.2) is 36.5 Å². The Bertz CT molecular complexity index is 406. The van der Waals surface area contributed by atoms with Crippen molar-refractivity contribution in [1.29, 1.82) is 0 Å². The Hall–Kier alpha value is -1.06. The minimum absolute atomic E-state index is 0.897. The van der Waals surface area contributed by atoms with Gasteiger partial charge in [-0.25, -0.2) is 4.98 Å². The van der Waals surface area contributed by atoms with Gasteiger partial charge in [0.15, 0.2) is 0 Å². The molecule has 0 aliphatic carbocycles. The number of benzene rings is 1. The molecule has 64 valence electrons. The van der Waals surface area contributed by atoms with Gasteiger partial charge in [0.1, 0.15) is 5.01 Å². The molecule has 1 nitrogen and oxygen atoms in total. The second-order valence-corrected chi connectivity index (χ2v) is 3.84. The van der Waals surface area contributed by atoms with Crippen molar-refractivity contribution < 1.29 is 0 Å². The van der Waals surface area contributed by atoms with Gasteiger partial charge in [0, 0.05) is 11.6 Å². The van der Waals surface area contributed by atoms with Crippen molar-refractivity contribution in [2.45, 2.75) is 0 Å². The monoisotopic (exact) mass is 205 g/mol. The predicted octanol–water partition coefficient (Wildman–Crippen LogP) is 3.16. The lowest BCUT2D eigenvalue weighted by Gasteiger charge is -1.92. The Morgan fingerprint density at radius 2 is 2.00 bits per heavy atom. The van der Waals surface area contributed by atoms with Crippen LogP contribution in [0.2, 0.25) is 0 Å². The highest BCUT2D eigenvalue weighted by Crippen LogP contribution is 2.24. The maximum absolute atomic E-state index is 4.80. The fraction of sp³-hybridized carbons (Fsp3) is 0. The summed E-state index contributed by atoms with van der Waals surface area (Å²) in [6.45, 7) is 0. The van der Waals surface area contributed by atoms with E-state index in [1.165, 1.54) is 5.56 Å². The maximum atomic E-state index is 4.80. The van der Waals surface area contributed by atoms with Gasteiger partial charge in [0.25, 0.3) is 0 Å². The maximum Gasteiger partial charge on any atom is 0.127 e. The number of hydrogen-bond donors (Lipinski definition) is 0. The molecule has 0 saturated heterocycles. The molecule has 0 aliphatic heterocycles. The Morgan fingerprint density at radius 1 is 1.23 bits per heavy atom. The summed E-state index contributed by atoms with van der Waals surface area (Å²) in [4.78, 5) is 5.33. The summed E-state index contributed by atoms with van der Waals surface area (Å²) >= 11 is 6.42. The molecule has 0 radical (unpaired) electrons. The van der Waals surface area contributed by atoms with Gasteiger partial charge in [-0.15, -0.1) is 11.3 Å². The molecular weight excluding hydrogens is 198 g/mol. The van der Waals surface area contributed by atoms with E-state index in [1.807, 2.05) is 24.4 Å². The molecule has 0 N–H and O–H groups in total. The molecule has 2 aromatic rings. The quantitative estimate of drug-likeness (QED) is 0.698. The van der Waals surface area contributed by atoms with Crippen molar-refractivity contribution in [3.8, 4) is 10.4 Å². The summed E-state index contributed by atoms with van der Waals surface area (Å²) < 4.78 is 0. The fourth-order valence-corrected chi connectivity index (χ4v) is 2.02. The Morgan fingerprint density at radius 3 is 2.62 bits per heavy atom. The normalized spacial score (nSPS) is 9.85. The van der Waals surface area contributed by atoms with E-state index in [0.717, 1.165) is 9.88 Å². The minimum atomic E-state index is 0.897. The molecular formula is C10H7NS2. The van der Waals surface area contributed by atoms with E-state index in [4.69, 9.17) is 12.2 Å². The average Bonchev–Trinajstić information content (AvgIpc) is 2.67. The zero-order valence-electron chi connectivity index (χ0n) is 6.81. The smallest absolute Gasteiger partial charge is 0.127 e. The van der Waals surface area contributed by atoms with Crippen molar-refractivity contribution in [2.24, 2.45) is 0 Å². The molecule has 1 aromatic carbocycles. The van der Waals surface area contributed by atoms with E-state index in [1.54, 1.807) is 16.7 Å². The number of thiazole rings is 1. The van der Waals surface area contributed by atoms with Gasteiger partial charge in [-0.05, 0) is 5.56 Å². The lowest BCUT2D eigenvalue weighted by molar-refractivity contribution is 1.41. The molecule has 1 aromatic heterocycles. The van der Waals surface area contributed by atoms with Crippen molar-refractivity contribution in [3.05, 3.63) is 41.5 Å². The zero-order valence-corrected chi connectivity index (χ0v) is 8.44. The number of thiocarbonyl (C=S) groups is 1. The van der Waals surface area contributed by atoms with Gasteiger partial charge in [0.05, 0.1) is 4.88 Å². The first-order valence-electron chi connectivity index (χ1n) is 3.86.